The Labute approximate surface area is 73.6 Å². The van der Waals surface area contributed by atoms with Gasteiger partial charge in [0, 0.05) is 26.2 Å². The summed E-state index contributed by atoms with van der Waals surface area (Å²) in [7, 11) is -2.80. The average Bonchev–Trinajstić information content (AvgIpc) is 1.98. The quantitative estimate of drug-likeness (QED) is 0.613. The maximum absolute atomic E-state index is 11.3. The zero-order valence-corrected chi connectivity index (χ0v) is 8.18. The van der Waals surface area contributed by atoms with Crippen LogP contribution in [0.2, 0.25) is 0 Å². The first kappa shape index (κ1) is 9.95. The second kappa shape index (κ2) is 3.72. The standard InChI is InChI=1S/C7H16N2O2S/c1-7-6-9(3-2-8)4-5-12(7,10)11/h7H,2-6,8H2,1H3/t7-/m1/s1. The van der Waals surface area contributed by atoms with Gasteiger partial charge in [0.25, 0.3) is 0 Å². The van der Waals surface area contributed by atoms with E-state index in [1.165, 1.54) is 0 Å². The minimum atomic E-state index is -2.80. The third-order valence-corrected chi connectivity index (χ3v) is 4.39. The summed E-state index contributed by atoms with van der Waals surface area (Å²) >= 11 is 0. The number of hydrogen-bond acceptors (Lipinski definition) is 4. The van der Waals surface area contributed by atoms with Gasteiger partial charge in [-0.25, -0.2) is 8.42 Å². The van der Waals surface area contributed by atoms with Crippen LogP contribution < -0.4 is 5.73 Å². The Morgan fingerprint density at radius 2 is 2.25 bits per heavy atom. The highest BCUT2D eigenvalue weighted by atomic mass is 32.2. The lowest BCUT2D eigenvalue weighted by Crippen LogP contribution is -2.46. The minimum Gasteiger partial charge on any atom is -0.329 e. The Hall–Kier alpha value is -0.130. The topological polar surface area (TPSA) is 63.4 Å². The molecule has 5 heteroatoms. The van der Waals surface area contributed by atoms with Crippen molar-refractivity contribution in [1.29, 1.82) is 0 Å². The van der Waals surface area contributed by atoms with Gasteiger partial charge in [0.2, 0.25) is 0 Å². The molecule has 12 heavy (non-hydrogen) atoms. The van der Waals surface area contributed by atoms with Gasteiger partial charge >= 0.3 is 0 Å². The lowest BCUT2D eigenvalue weighted by molar-refractivity contribution is 0.285. The molecule has 1 fully saturated rings. The highest BCUT2D eigenvalue weighted by Crippen LogP contribution is 2.10. The molecule has 1 aliphatic rings. The van der Waals surface area contributed by atoms with E-state index in [1.54, 1.807) is 6.92 Å². The van der Waals surface area contributed by atoms with Gasteiger partial charge in [0.1, 0.15) is 0 Å². The number of hydrogen-bond donors (Lipinski definition) is 1. The van der Waals surface area contributed by atoms with Crippen LogP contribution in [0.5, 0.6) is 0 Å². The smallest absolute Gasteiger partial charge is 0.155 e. The van der Waals surface area contributed by atoms with E-state index in [0.717, 1.165) is 6.54 Å². The normalized spacial score (nSPS) is 30.3. The Kier molecular flexibility index (Phi) is 3.09. The van der Waals surface area contributed by atoms with E-state index in [1.807, 2.05) is 0 Å². The van der Waals surface area contributed by atoms with Crippen molar-refractivity contribution in [2.24, 2.45) is 5.73 Å². The predicted octanol–water partition coefficient (Wildman–Crippen LogP) is -0.936. The highest BCUT2D eigenvalue weighted by Gasteiger charge is 2.28. The molecule has 0 aromatic carbocycles. The molecule has 2 N–H and O–H groups in total. The van der Waals surface area contributed by atoms with E-state index in [9.17, 15) is 8.42 Å². The maximum Gasteiger partial charge on any atom is 0.155 e. The van der Waals surface area contributed by atoms with E-state index in [0.29, 0.717) is 19.6 Å². The molecule has 1 saturated heterocycles. The molecule has 1 aliphatic heterocycles. The fraction of sp³-hybridized carbons (Fsp3) is 1.00. The molecule has 1 rings (SSSR count). The summed E-state index contributed by atoms with van der Waals surface area (Å²) in [4.78, 5) is 2.10. The van der Waals surface area contributed by atoms with Gasteiger partial charge in [0.05, 0.1) is 11.0 Å². The number of nitrogens with two attached hydrogens (primary N) is 1. The molecule has 0 bridgehead atoms. The molecule has 4 nitrogen and oxygen atoms in total. The van der Waals surface area contributed by atoms with Crippen molar-refractivity contribution in [2.45, 2.75) is 12.2 Å². The van der Waals surface area contributed by atoms with Gasteiger partial charge in [0.15, 0.2) is 9.84 Å². The highest BCUT2D eigenvalue weighted by molar-refractivity contribution is 7.92. The van der Waals surface area contributed by atoms with E-state index in [-0.39, 0.29) is 11.0 Å². The largest absolute Gasteiger partial charge is 0.329 e. The Morgan fingerprint density at radius 3 is 2.75 bits per heavy atom. The van der Waals surface area contributed by atoms with Crippen molar-refractivity contribution in [2.75, 3.05) is 31.9 Å². The van der Waals surface area contributed by atoms with E-state index in [4.69, 9.17) is 5.73 Å². The van der Waals surface area contributed by atoms with Crippen LogP contribution in [0.4, 0.5) is 0 Å². The summed E-state index contributed by atoms with van der Waals surface area (Å²) in [6, 6.07) is 0. The van der Waals surface area contributed by atoms with Gasteiger partial charge in [-0.1, -0.05) is 0 Å². The van der Waals surface area contributed by atoms with Gasteiger partial charge < -0.3 is 5.73 Å². The molecular formula is C7H16N2O2S. The number of rotatable bonds is 2. The molecule has 1 atom stereocenters. The molecule has 0 spiro atoms. The molecule has 0 amide bonds. The third kappa shape index (κ3) is 2.18. The molecule has 0 aliphatic carbocycles. The average molecular weight is 192 g/mol. The first-order chi connectivity index (χ1) is 5.56. The van der Waals surface area contributed by atoms with Crippen molar-refractivity contribution in [3.05, 3.63) is 0 Å². The molecule has 72 valence electrons. The molecular weight excluding hydrogens is 176 g/mol. The fourth-order valence-corrected chi connectivity index (χ4v) is 2.76. The summed E-state index contributed by atoms with van der Waals surface area (Å²) in [6.45, 7) is 4.45. The van der Waals surface area contributed by atoms with E-state index < -0.39 is 9.84 Å². The van der Waals surface area contributed by atoms with E-state index in [2.05, 4.69) is 4.90 Å². The molecule has 0 radical (unpaired) electrons. The fourth-order valence-electron chi connectivity index (χ4n) is 1.41. The Balaban J connectivity index is 2.52. The lowest BCUT2D eigenvalue weighted by atomic mass is 10.4. The molecule has 0 aromatic rings. The first-order valence-electron chi connectivity index (χ1n) is 4.20. The monoisotopic (exact) mass is 192 g/mol. The van der Waals surface area contributed by atoms with Crippen LogP contribution in [0.1, 0.15) is 6.92 Å². The third-order valence-electron chi connectivity index (χ3n) is 2.27. The Bertz CT molecular complexity index is 238. The second-order valence-corrected chi connectivity index (χ2v) is 5.81. The zero-order chi connectivity index (χ0) is 9.19. The number of sulfone groups is 1. The summed E-state index contributed by atoms with van der Waals surface area (Å²) in [5, 5.41) is -0.224. The van der Waals surface area contributed by atoms with Gasteiger partial charge in [-0.2, -0.15) is 0 Å². The van der Waals surface area contributed by atoms with Crippen molar-refractivity contribution in [1.82, 2.24) is 4.90 Å². The van der Waals surface area contributed by atoms with Crippen LogP contribution in [0.3, 0.4) is 0 Å². The van der Waals surface area contributed by atoms with Crippen LogP contribution in [-0.4, -0.2) is 50.5 Å². The predicted molar refractivity (Wildman–Crippen MR) is 48.7 cm³/mol. The van der Waals surface area contributed by atoms with Gasteiger partial charge in [-0.15, -0.1) is 0 Å². The minimum absolute atomic E-state index is 0.224. The van der Waals surface area contributed by atoms with Crippen molar-refractivity contribution >= 4 is 9.84 Å². The summed E-state index contributed by atoms with van der Waals surface area (Å²) in [5.41, 5.74) is 5.38. The van der Waals surface area contributed by atoms with Gasteiger partial charge in [-0.3, -0.25) is 4.90 Å². The zero-order valence-electron chi connectivity index (χ0n) is 7.36. The van der Waals surface area contributed by atoms with Crippen LogP contribution >= 0.6 is 0 Å². The van der Waals surface area contributed by atoms with Crippen molar-refractivity contribution in [3.63, 3.8) is 0 Å². The Morgan fingerprint density at radius 1 is 1.58 bits per heavy atom. The van der Waals surface area contributed by atoms with Gasteiger partial charge in [-0.05, 0) is 6.92 Å². The van der Waals surface area contributed by atoms with Crippen LogP contribution in [0.15, 0.2) is 0 Å². The lowest BCUT2D eigenvalue weighted by Gasteiger charge is -2.30. The molecule has 0 saturated carbocycles. The van der Waals surface area contributed by atoms with E-state index >= 15 is 0 Å². The summed E-state index contributed by atoms with van der Waals surface area (Å²) in [5.74, 6) is 0.286. The van der Waals surface area contributed by atoms with Crippen molar-refractivity contribution in [3.8, 4) is 0 Å². The SMILES string of the molecule is C[C@@H]1CN(CCN)CCS1(=O)=O. The molecule has 0 aromatic heterocycles. The first-order valence-corrected chi connectivity index (χ1v) is 5.92. The number of nitrogens with zero attached hydrogens (tertiary/aromatic N) is 1. The summed E-state index contributed by atoms with van der Waals surface area (Å²) < 4.78 is 22.5. The molecule has 1 heterocycles. The van der Waals surface area contributed by atoms with Crippen LogP contribution in [0, 0.1) is 0 Å². The van der Waals surface area contributed by atoms with Crippen LogP contribution in [0.25, 0.3) is 0 Å². The maximum atomic E-state index is 11.3. The van der Waals surface area contributed by atoms with Crippen molar-refractivity contribution < 1.29 is 8.42 Å². The second-order valence-electron chi connectivity index (χ2n) is 3.27. The summed E-state index contributed by atoms with van der Waals surface area (Å²) in [6.07, 6.45) is 0. The van der Waals surface area contributed by atoms with Crippen LogP contribution in [-0.2, 0) is 9.84 Å². The molecule has 0 unspecified atom stereocenters.